The third kappa shape index (κ3) is 1.76. The van der Waals surface area contributed by atoms with Gasteiger partial charge in [-0.05, 0) is 0 Å². The fraction of sp³-hybridized carbons (Fsp3) is 0.500. The summed E-state index contributed by atoms with van der Waals surface area (Å²) < 4.78 is 6.27. The van der Waals surface area contributed by atoms with Crippen LogP contribution in [-0.2, 0) is 8.86 Å². The first-order chi connectivity index (χ1) is 4.38. The molecule has 3 nitrogen and oxygen atoms in total. The third-order valence-corrected chi connectivity index (χ3v) is 2.33. The van der Waals surface area contributed by atoms with Crippen molar-refractivity contribution in [2.45, 2.75) is 8.86 Å². The van der Waals surface area contributed by atoms with Crippen molar-refractivity contribution < 1.29 is 4.63 Å². The predicted octanol–water partition coefficient (Wildman–Crippen LogP) is 1.94. The van der Waals surface area contributed by atoms with E-state index in [9.17, 15) is 0 Å². The number of aromatic nitrogens is 2. The van der Waals surface area contributed by atoms with Gasteiger partial charge >= 0.3 is 0 Å². The van der Waals surface area contributed by atoms with Crippen LogP contribution in [0, 0.1) is 0 Å². The Bertz CT molecular complexity index is 170. The summed E-state index contributed by atoms with van der Waals surface area (Å²) in [6.07, 6.45) is 0. The number of nitrogens with zero attached hydrogens (tertiary/aromatic N) is 2. The molecular formula is C4H4I2N2O. The highest BCUT2D eigenvalue weighted by molar-refractivity contribution is 14.1. The van der Waals surface area contributed by atoms with Crippen molar-refractivity contribution in [3.63, 3.8) is 0 Å². The molecule has 0 aromatic carbocycles. The van der Waals surface area contributed by atoms with Crippen LogP contribution in [-0.4, -0.2) is 10.3 Å². The van der Waals surface area contributed by atoms with E-state index in [4.69, 9.17) is 0 Å². The number of rotatable bonds is 2. The van der Waals surface area contributed by atoms with Crippen LogP contribution in [0.15, 0.2) is 4.63 Å². The van der Waals surface area contributed by atoms with Crippen LogP contribution < -0.4 is 0 Å². The van der Waals surface area contributed by atoms with Gasteiger partial charge < -0.3 is 0 Å². The molecule has 5 heteroatoms. The summed E-state index contributed by atoms with van der Waals surface area (Å²) in [5.41, 5.74) is 1.93. The van der Waals surface area contributed by atoms with Crippen molar-refractivity contribution in [2.75, 3.05) is 0 Å². The van der Waals surface area contributed by atoms with Gasteiger partial charge in [0.25, 0.3) is 0 Å². The van der Waals surface area contributed by atoms with Crippen molar-refractivity contribution >= 4 is 45.2 Å². The van der Waals surface area contributed by atoms with E-state index >= 15 is 0 Å². The van der Waals surface area contributed by atoms with Crippen molar-refractivity contribution in [3.05, 3.63) is 11.4 Å². The molecule has 1 heterocycles. The molecule has 1 aromatic heterocycles. The topological polar surface area (TPSA) is 38.9 Å². The Morgan fingerprint density at radius 3 is 1.89 bits per heavy atom. The molecule has 9 heavy (non-hydrogen) atoms. The van der Waals surface area contributed by atoms with Gasteiger partial charge in [-0.25, -0.2) is 4.63 Å². The standard InChI is InChI=1S/C4H4I2N2O/c5-1-3-4(2-6)8-9-7-3/h1-2H2. The van der Waals surface area contributed by atoms with Crippen LogP contribution in [0.3, 0.4) is 0 Å². The largest absolute Gasteiger partial charge is 0.244 e. The van der Waals surface area contributed by atoms with E-state index in [-0.39, 0.29) is 0 Å². The summed E-state index contributed by atoms with van der Waals surface area (Å²) >= 11 is 4.47. The van der Waals surface area contributed by atoms with E-state index in [1.165, 1.54) is 0 Å². The average molecular weight is 350 g/mol. The molecule has 0 radical (unpaired) electrons. The first kappa shape index (κ1) is 7.70. The quantitative estimate of drug-likeness (QED) is 0.605. The van der Waals surface area contributed by atoms with Gasteiger partial charge in [-0.3, -0.25) is 0 Å². The Balaban J connectivity index is 2.85. The summed E-state index contributed by atoms with van der Waals surface area (Å²) in [4.78, 5) is 0. The molecule has 0 spiro atoms. The molecule has 0 bridgehead atoms. The molecule has 0 saturated carbocycles. The highest BCUT2D eigenvalue weighted by Gasteiger charge is 2.04. The molecule has 0 saturated heterocycles. The Morgan fingerprint density at radius 1 is 1.11 bits per heavy atom. The second kappa shape index (κ2) is 3.69. The smallest absolute Gasteiger partial charge is 0.118 e. The van der Waals surface area contributed by atoms with Crippen LogP contribution in [0.25, 0.3) is 0 Å². The molecule has 0 N–H and O–H groups in total. The van der Waals surface area contributed by atoms with Crippen molar-refractivity contribution in [2.24, 2.45) is 0 Å². The Labute approximate surface area is 79.8 Å². The predicted molar refractivity (Wildman–Crippen MR) is 49.7 cm³/mol. The Morgan fingerprint density at radius 2 is 1.56 bits per heavy atom. The summed E-state index contributed by atoms with van der Waals surface area (Å²) in [6, 6.07) is 0. The van der Waals surface area contributed by atoms with Crippen molar-refractivity contribution in [1.82, 2.24) is 10.3 Å². The maximum Gasteiger partial charge on any atom is 0.118 e. The third-order valence-electron chi connectivity index (χ3n) is 0.888. The zero-order chi connectivity index (χ0) is 6.69. The second-order valence-corrected chi connectivity index (χ2v) is 2.95. The molecule has 0 aliphatic heterocycles. The fourth-order valence-electron chi connectivity index (χ4n) is 0.427. The normalized spacial score (nSPS) is 10.0. The van der Waals surface area contributed by atoms with Crippen LogP contribution >= 0.6 is 45.2 Å². The minimum absolute atomic E-state index is 0.875. The zero-order valence-corrected chi connectivity index (χ0v) is 8.79. The van der Waals surface area contributed by atoms with E-state index in [1.54, 1.807) is 0 Å². The van der Waals surface area contributed by atoms with E-state index in [2.05, 4.69) is 60.1 Å². The van der Waals surface area contributed by atoms with Gasteiger partial charge in [0, 0.05) is 8.86 Å². The summed E-state index contributed by atoms with van der Waals surface area (Å²) in [5, 5.41) is 7.41. The van der Waals surface area contributed by atoms with Crippen LogP contribution in [0.1, 0.15) is 11.4 Å². The van der Waals surface area contributed by atoms with Crippen LogP contribution in [0.4, 0.5) is 0 Å². The second-order valence-electron chi connectivity index (χ2n) is 1.42. The SMILES string of the molecule is ICc1nonc1CI. The van der Waals surface area contributed by atoms with E-state index in [1.807, 2.05) is 0 Å². The van der Waals surface area contributed by atoms with E-state index in [0.29, 0.717) is 0 Å². The van der Waals surface area contributed by atoms with Gasteiger partial charge in [0.1, 0.15) is 11.4 Å². The molecule has 0 aliphatic rings. The molecular weight excluding hydrogens is 346 g/mol. The van der Waals surface area contributed by atoms with Gasteiger partial charge in [0.2, 0.25) is 0 Å². The maximum atomic E-state index is 4.52. The number of hydrogen-bond acceptors (Lipinski definition) is 3. The monoisotopic (exact) mass is 350 g/mol. The molecule has 1 aromatic rings. The number of alkyl halides is 2. The number of halogens is 2. The average Bonchev–Trinajstić information content (AvgIpc) is 2.33. The molecule has 0 atom stereocenters. The van der Waals surface area contributed by atoms with Crippen molar-refractivity contribution in [1.29, 1.82) is 0 Å². The molecule has 0 fully saturated rings. The van der Waals surface area contributed by atoms with E-state index in [0.717, 1.165) is 20.2 Å². The molecule has 0 unspecified atom stereocenters. The first-order valence-corrected chi connectivity index (χ1v) is 5.36. The lowest BCUT2D eigenvalue weighted by Crippen LogP contribution is -1.83. The highest BCUT2D eigenvalue weighted by atomic mass is 127. The van der Waals surface area contributed by atoms with Crippen molar-refractivity contribution in [3.8, 4) is 0 Å². The van der Waals surface area contributed by atoms with E-state index < -0.39 is 0 Å². The van der Waals surface area contributed by atoms with Gasteiger partial charge in [-0.2, -0.15) is 0 Å². The summed E-state index contributed by atoms with van der Waals surface area (Å²) in [5.74, 6) is 0. The van der Waals surface area contributed by atoms with Gasteiger partial charge in [-0.1, -0.05) is 55.5 Å². The zero-order valence-electron chi connectivity index (χ0n) is 4.47. The lowest BCUT2D eigenvalue weighted by atomic mass is 10.4. The fourth-order valence-corrected chi connectivity index (χ4v) is 1.59. The molecule has 0 amide bonds. The summed E-state index contributed by atoms with van der Waals surface area (Å²) in [6.45, 7) is 0. The van der Waals surface area contributed by atoms with Crippen LogP contribution in [0.2, 0.25) is 0 Å². The minimum Gasteiger partial charge on any atom is -0.244 e. The molecule has 1 rings (SSSR count). The molecule has 0 aliphatic carbocycles. The highest BCUT2D eigenvalue weighted by Crippen LogP contribution is 2.10. The van der Waals surface area contributed by atoms with Gasteiger partial charge in [-0.15, -0.1) is 0 Å². The molecule has 50 valence electrons. The number of hydrogen-bond donors (Lipinski definition) is 0. The van der Waals surface area contributed by atoms with Crippen LogP contribution in [0.5, 0.6) is 0 Å². The van der Waals surface area contributed by atoms with Gasteiger partial charge in [0.15, 0.2) is 0 Å². The lowest BCUT2D eigenvalue weighted by molar-refractivity contribution is 0.302. The maximum absolute atomic E-state index is 4.52. The lowest BCUT2D eigenvalue weighted by Gasteiger charge is -1.83. The summed E-state index contributed by atoms with van der Waals surface area (Å²) in [7, 11) is 0. The minimum atomic E-state index is 0.875. The first-order valence-electron chi connectivity index (χ1n) is 2.30. The van der Waals surface area contributed by atoms with Gasteiger partial charge in [0.05, 0.1) is 0 Å². The Hall–Kier alpha value is 0.600. The Kier molecular flexibility index (Phi) is 3.16.